The molecule has 1 aliphatic carbocycles. The fourth-order valence-corrected chi connectivity index (χ4v) is 2.52. The summed E-state index contributed by atoms with van der Waals surface area (Å²) in [5.74, 6) is 0. The lowest BCUT2D eigenvalue weighted by Crippen LogP contribution is -2.17. The molecular formula is C6HCl5O. The summed E-state index contributed by atoms with van der Waals surface area (Å²) in [6, 6.07) is 0. The zero-order chi connectivity index (χ0) is 9.15. The number of halogens is 5. The molecule has 0 saturated carbocycles. The Morgan fingerprint density at radius 3 is 2.33 bits per heavy atom. The molecule has 6 heteroatoms. The minimum absolute atomic E-state index is 0.133. The first-order valence-corrected chi connectivity index (χ1v) is 4.82. The number of allylic oxidation sites excluding steroid dienone is 2. The van der Waals surface area contributed by atoms with Gasteiger partial charge in [0.25, 0.3) is 0 Å². The molecule has 0 aromatic rings. The highest BCUT2D eigenvalue weighted by molar-refractivity contribution is 6.54. The minimum Gasteiger partial charge on any atom is -0.319 e. The van der Waals surface area contributed by atoms with Gasteiger partial charge in [-0.1, -0.05) is 58.0 Å². The number of ether oxygens (including phenoxy) is 1. The second-order valence-electron chi connectivity index (χ2n) is 2.46. The zero-order valence-corrected chi connectivity index (χ0v) is 9.16. The van der Waals surface area contributed by atoms with Gasteiger partial charge >= 0.3 is 0 Å². The largest absolute Gasteiger partial charge is 0.319 e. The standard InChI is InChI=1S/C6HCl5O/c7-2-1-5(10)6(11,12-5)4(9)3(2)8/h1H. The van der Waals surface area contributed by atoms with E-state index in [4.69, 9.17) is 62.7 Å². The predicted molar refractivity (Wildman–Crippen MR) is 50.9 cm³/mol. The third-order valence-electron chi connectivity index (χ3n) is 1.68. The molecule has 0 aromatic heterocycles. The Bertz CT molecular complexity index is 322. The molecule has 1 nitrogen and oxygen atoms in total. The average molecular weight is 266 g/mol. The van der Waals surface area contributed by atoms with Crippen LogP contribution in [0.4, 0.5) is 0 Å². The van der Waals surface area contributed by atoms with Gasteiger partial charge in [0, 0.05) is 0 Å². The summed E-state index contributed by atoms with van der Waals surface area (Å²) < 4.78 is 5.00. The summed E-state index contributed by atoms with van der Waals surface area (Å²) in [6.45, 7) is 0. The van der Waals surface area contributed by atoms with Crippen LogP contribution in [0.15, 0.2) is 21.2 Å². The Hall–Kier alpha value is 0.890. The van der Waals surface area contributed by atoms with Crippen LogP contribution in [-0.4, -0.2) is 10.1 Å². The lowest BCUT2D eigenvalue weighted by molar-refractivity contribution is 0.378. The van der Waals surface area contributed by atoms with Crippen molar-refractivity contribution in [3.63, 3.8) is 0 Å². The third-order valence-corrected chi connectivity index (χ3v) is 4.22. The van der Waals surface area contributed by atoms with Gasteiger partial charge in [0.2, 0.25) is 10.1 Å². The van der Waals surface area contributed by atoms with Crippen molar-refractivity contribution in [3.05, 3.63) is 21.2 Å². The number of hydrogen-bond donors (Lipinski definition) is 0. The highest BCUT2D eigenvalue weighted by Crippen LogP contribution is 2.65. The summed E-state index contributed by atoms with van der Waals surface area (Å²) in [7, 11) is 0. The molecule has 12 heavy (non-hydrogen) atoms. The highest BCUT2D eigenvalue weighted by atomic mass is 35.5. The molecule has 2 atom stereocenters. The Balaban J connectivity index is 2.54. The molecule has 0 N–H and O–H groups in total. The van der Waals surface area contributed by atoms with Crippen LogP contribution < -0.4 is 0 Å². The number of alkyl halides is 2. The van der Waals surface area contributed by atoms with E-state index in [1.807, 2.05) is 0 Å². The minimum atomic E-state index is -1.22. The van der Waals surface area contributed by atoms with Crippen molar-refractivity contribution in [3.8, 4) is 0 Å². The lowest BCUT2D eigenvalue weighted by Gasteiger charge is -2.12. The Morgan fingerprint density at radius 1 is 1.17 bits per heavy atom. The van der Waals surface area contributed by atoms with Crippen LogP contribution in [0.3, 0.4) is 0 Å². The summed E-state index contributed by atoms with van der Waals surface area (Å²) >= 11 is 28.9. The fraction of sp³-hybridized carbons (Fsp3) is 0.333. The molecule has 0 bridgehead atoms. The van der Waals surface area contributed by atoms with Crippen LogP contribution in [0.25, 0.3) is 0 Å². The van der Waals surface area contributed by atoms with E-state index in [0.29, 0.717) is 0 Å². The quantitative estimate of drug-likeness (QED) is 0.481. The van der Waals surface area contributed by atoms with E-state index in [2.05, 4.69) is 0 Å². The van der Waals surface area contributed by atoms with E-state index in [9.17, 15) is 0 Å². The highest BCUT2D eigenvalue weighted by Gasteiger charge is 2.72. The maximum absolute atomic E-state index is 5.87. The van der Waals surface area contributed by atoms with Crippen LogP contribution >= 0.6 is 58.0 Å². The first kappa shape index (κ1) is 9.45. The van der Waals surface area contributed by atoms with Crippen molar-refractivity contribution in [1.82, 2.24) is 0 Å². The SMILES string of the molecule is ClC1=CC2(Cl)OC2(Cl)C(Cl)=C1Cl. The van der Waals surface area contributed by atoms with E-state index in [-0.39, 0.29) is 15.1 Å². The molecule has 1 saturated heterocycles. The lowest BCUT2D eigenvalue weighted by atomic mass is 10.2. The van der Waals surface area contributed by atoms with Gasteiger partial charge in [-0.15, -0.1) is 0 Å². The van der Waals surface area contributed by atoms with E-state index >= 15 is 0 Å². The first-order valence-electron chi connectivity index (χ1n) is 2.93. The van der Waals surface area contributed by atoms with E-state index in [1.165, 1.54) is 6.08 Å². The van der Waals surface area contributed by atoms with Crippen molar-refractivity contribution in [2.75, 3.05) is 0 Å². The number of rotatable bonds is 0. The maximum Gasteiger partial charge on any atom is 0.228 e. The van der Waals surface area contributed by atoms with Crippen LogP contribution in [-0.2, 0) is 4.74 Å². The molecule has 2 unspecified atom stereocenters. The number of epoxide rings is 1. The topological polar surface area (TPSA) is 12.5 Å². The zero-order valence-electron chi connectivity index (χ0n) is 5.38. The fourth-order valence-electron chi connectivity index (χ4n) is 0.968. The van der Waals surface area contributed by atoms with Crippen LogP contribution in [0, 0.1) is 0 Å². The van der Waals surface area contributed by atoms with Crippen molar-refractivity contribution in [2.24, 2.45) is 0 Å². The molecule has 0 radical (unpaired) electrons. The van der Waals surface area contributed by atoms with Crippen LogP contribution in [0.5, 0.6) is 0 Å². The van der Waals surface area contributed by atoms with Gasteiger partial charge in [-0.25, -0.2) is 0 Å². The molecule has 66 valence electrons. The van der Waals surface area contributed by atoms with E-state index in [1.54, 1.807) is 0 Å². The second kappa shape index (κ2) is 2.47. The molecule has 0 aromatic carbocycles. The first-order chi connectivity index (χ1) is 5.41. The Kier molecular flexibility index (Phi) is 1.94. The van der Waals surface area contributed by atoms with Gasteiger partial charge in [0.15, 0.2) is 0 Å². The smallest absolute Gasteiger partial charge is 0.228 e. The Morgan fingerprint density at radius 2 is 1.75 bits per heavy atom. The molecule has 0 amide bonds. The van der Waals surface area contributed by atoms with Gasteiger partial charge in [-0.3, -0.25) is 0 Å². The molecule has 1 aliphatic heterocycles. The van der Waals surface area contributed by atoms with Crippen LogP contribution in [0.1, 0.15) is 0 Å². The normalized spacial score (nSPS) is 45.6. The van der Waals surface area contributed by atoms with Gasteiger partial charge in [0.1, 0.15) is 0 Å². The monoisotopic (exact) mass is 264 g/mol. The van der Waals surface area contributed by atoms with Crippen LogP contribution in [0.2, 0.25) is 0 Å². The molecule has 0 spiro atoms. The average Bonchev–Trinajstić information content (AvgIpc) is 2.51. The van der Waals surface area contributed by atoms with Crippen molar-refractivity contribution in [2.45, 2.75) is 10.1 Å². The molecule has 1 fully saturated rings. The van der Waals surface area contributed by atoms with Crippen molar-refractivity contribution < 1.29 is 4.74 Å². The van der Waals surface area contributed by atoms with Gasteiger partial charge in [-0.2, -0.15) is 0 Å². The van der Waals surface area contributed by atoms with E-state index < -0.39 is 10.1 Å². The van der Waals surface area contributed by atoms with E-state index in [0.717, 1.165) is 0 Å². The predicted octanol–water partition coefficient (Wildman–Crippen LogP) is 3.71. The Labute approximate surface area is 93.8 Å². The van der Waals surface area contributed by atoms with Gasteiger partial charge < -0.3 is 4.74 Å². The summed E-state index contributed by atoms with van der Waals surface area (Å²) in [5.41, 5.74) is 0. The molecule has 1 heterocycles. The molecular weight excluding hydrogens is 265 g/mol. The second-order valence-corrected chi connectivity index (χ2v) is 4.72. The molecule has 2 rings (SSSR count). The number of hydrogen-bond acceptors (Lipinski definition) is 1. The maximum atomic E-state index is 5.87. The summed E-state index contributed by atoms with van der Waals surface area (Å²) in [5, 5.41) is -1.77. The summed E-state index contributed by atoms with van der Waals surface area (Å²) in [4.78, 5) is 0. The van der Waals surface area contributed by atoms with Crippen molar-refractivity contribution in [1.29, 1.82) is 0 Å². The third kappa shape index (κ3) is 0.985. The number of fused-ring (bicyclic) bond motifs is 1. The van der Waals surface area contributed by atoms with Crippen molar-refractivity contribution >= 4 is 58.0 Å². The van der Waals surface area contributed by atoms with Gasteiger partial charge in [0.05, 0.1) is 15.1 Å². The summed E-state index contributed by atoms with van der Waals surface area (Å²) in [6.07, 6.45) is 1.43. The molecule has 2 aliphatic rings. The van der Waals surface area contributed by atoms with Gasteiger partial charge in [-0.05, 0) is 6.08 Å².